The third-order valence-corrected chi connectivity index (χ3v) is 6.28. The molecule has 1 amide bonds. The van der Waals surface area contributed by atoms with Crippen molar-refractivity contribution >= 4 is 21.6 Å². The Balaban J connectivity index is 1.87. The molecule has 3 rings (SSSR count). The zero-order chi connectivity index (χ0) is 20.3. The first-order valence-electron chi connectivity index (χ1n) is 8.73. The number of anilines is 1. The number of amides is 1. The minimum atomic E-state index is -3.80. The number of rotatable bonds is 6. The first-order chi connectivity index (χ1) is 13.3. The molecule has 7 heteroatoms. The predicted molar refractivity (Wildman–Crippen MR) is 108 cm³/mol. The zero-order valence-corrected chi connectivity index (χ0v) is 16.8. The molecule has 0 aliphatic rings. The van der Waals surface area contributed by atoms with Crippen molar-refractivity contribution in [2.75, 3.05) is 18.4 Å². The lowest BCUT2D eigenvalue weighted by Gasteiger charge is -2.22. The number of carbonyl (C=O) groups excluding carboxylic acids is 1. The maximum atomic E-state index is 13.1. The highest BCUT2D eigenvalue weighted by atomic mass is 32.2. The summed E-state index contributed by atoms with van der Waals surface area (Å²) in [6, 6.07) is 16.9. The van der Waals surface area contributed by atoms with Crippen molar-refractivity contribution in [3.63, 3.8) is 0 Å². The lowest BCUT2D eigenvalue weighted by molar-refractivity contribution is 0.0775. The van der Waals surface area contributed by atoms with Gasteiger partial charge >= 0.3 is 0 Å². The van der Waals surface area contributed by atoms with Crippen LogP contribution in [0.2, 0.25) is 0 Å². The van der Waals surface area contributed by atoms with Crippen LogP contribution in [0.1, 0.15) is 21.7 Å². The average molecular weight is 398 g/mol. The van der Waals surface area contributed by atoms with Gasteiger partial charge in [-0.2, -0.15) is 0 Å². The summed E-state index contributed by atoms with van der Waals surface area (Å²) >= 11 is 0. The number of aryl methyl sites for hydroxylation is 1. The Morgan fingerprint density at radius 3 is 2.43 bits per heavy atom. The molecule has 3 aromatic rings. The molecule has 0 bridgehead atoms. The normalized spacial score (nSPS) is 11.2. The highest BCUT2D eigenvalue weighted by Gasteiger charge is 2.24. The molecule has 0 radical (unpaired) electrons. The van der Waals surface area contributed by atoms with Gasteiger partial charge in [0.05, 0.1) is 23.4 Å². The van der Waals surface area contributed by atoms with Crippen LogP contribution in [0, 0.1) is 6.92 Å². The maximum absolute atomic E-state index is 13.1. The molecular weight excluding hydrogens is 376 g/mol. The number of furan rings is 1. The van der Waals surface area contributed by atoms with E-state index in [2.05, 4.69) is 0 Å². The predicted octanol–water partition coefficient (Wildman–Crippen LogP) is 3.69. The smallest absolute Gasteiger partial charge is 0.264 e. The van der Waals surface area contributed by atoms with E-state index in [1.165, 1.54) is 28.4 Å². The van der Waals surface area contributed by atoms with E-state index in [-0.39, 0.29) is 10.8 Å². The van der Waals surface area contributed by atoms with Crippen LogP contribution in [0.3, 0.4) is 0 Å². The first kappa shape index (κ1) is 19.7. The largest absolute Gasteiger partial charge is 0.467 e. The van der Waals surface area contributed by atoms with Gasteiger partial charge < -0.3 is 9.32 Å². The third kappa shape index (κ3) is 3.94. The van der Waals surface area contributed by atoms with Crippen molar-refractivity contribution in [2.24, 2.45) is 0 Å². The van der Waals surface area contributed by atoms with E-state index < -0.39 is 10.0 Å². The quantitative estimate of drug-likeness (QED) is 0.635. The molecule has 0 unspecified atom stereocenters. The Kier molecular flexibility index (Phi) is 5.56. The van der Waals surface area contributed by atoms with Crippen LogP contribution in [0.4, 0.5) is 5.69 Å². The van der Waals surface area contributed by atoms with Gasteiger partial charge in [0, 0.05) is 19.7 Å². The number of sulfonamides is 1. The Bertz CT molecular complexity index is 1080. The van der Waals surface area contributed by atoms with Crippen LogP contribution in [-0.4, -0.2) is 33.3 Å². The number of hydrogen-bond acceptors (Lipinski definition) is 4. The fraction of sp³-hybridized carbons (Fsp3) is 0.190. The molecule has 146 valence electrons. The van der Waals surface area contributed by atoms with Crippen LogP contribution < -0.4 is 4.31 Å². The van der Waals surface area contributed by atoms with Crippen LogP contribution in [0.5, 0.6) is 0 Å². The minimum Gasteiger partial charge on any atom is -0.467 e. The zero-order valence-electron chi connectivity index (χ0n) is 16.0. The van der Waals surface area contributed by atoms with Crippen LogP contribution >= 0.6 is 0 Å². The van der Waals surface area contributed by atoms with Crippen molar-refractivity contribution in [1.82, 2.24) is 4.90 Å². The molecule has 2 aromatic carbocycles. The maximum Gasteiger partial charge on any atom is 0.264 e. The highest BCUT2D eigenvalue weighted by molar-refractivity contribution is 7.92. The molecule has 0 N–H and O–H groups in total. The molecule has 0 fully saturated rings. The Labute approximate surface area is 165 Å². The molecule has 1 aromatic heterocycles. The molecule has 0 aliphatic carbocycles. The summed E-state index contributed by atoms with van der Waals surface area (Å²) in [7, 11) is -0.649. The van der Waals surface area contributed by atoms with Gasteiger partial charge in [-0.1, -0.05) is 24.3 Å². The van der Waals surface area contributed by atoms with E-state index in [9.17, 15) is 13.2 Å². The summed E-state index contributed by atoms with van der Waals surface area (Å²) in [4.78, 5) is 14.3. The van der Waals surface area contributed by atoms with Gasteiger partial charge in [-0.15, -0.1) is 0 Å². The lowest BCUT2D eigenvalue weighted by atomic mass is 10.2. The van der Waals surface area contributed by atoms with E-state index in [1.807, 2.05) is 19.1 Å². The van der Waals surface area contributed by atoms with Crippen LogP contribution in [0.15, 0.2) is 76.2 Å². The minimum absolute atomic E-state index is 0.0653. The number of nitrogens with zero attached hydrogens (tertiary/aromatic N) is 2. The number of carbonyl (C=O) groups is 1. The second-order valence-electron chi connectivity index (χ2n) is 6.53. The van der Waals surface area contributed by atoms with E-state index in [0.29, 0.717) is 23.6 Å². The Morgan fingerprint density at radius 2 is 1.75 bits per heavy atom. The molecule has 28 heavy (non-hydrogen) atoms. The van der Waals surface area contributed by atoms with E-state index in [0.717, 1.165) is 5.56 Å². The van der Waals surface area contributed by atoms with Gasteiger partial charge in [0.2, 0.25) is 0 Å². The summed E-state index contributed by atoms with van der Waals surface area (Å²) in [5.74, 6) is 0.367. The monoisotopic (exact) mass is 398 g/mol. The van der Waals surface area contributed by atoms with Gasteiger partial charge in [-0.25, -0.2) is 8.42 Å². The summed E-state index contributed by atoms with van der Waals surface area (Å²) in [6.07, 6.45) is 1.54. The van der Waals surface area contributed by atoms with Crippen molar-refractivity contribution in [3.8, 4) is 0 Å². The molecule has 0 aliphatic heterocycles. The SMILES string of the molecule is Cc1ccccc1N(C)S(=O)(=O)c1cccc(C(=O)N(C)Cc2ccco2)c1. The Morgan fingerprint density at radius 1 is 1.00 bits per heavy atom. The van der Waals surface area contributed by atoms with E-state index in [1.54, 1.807) is 49.7 Å². The average Bonchev–Trinajstić information content (AvgIpc) is 3.20. The van der Waals surface area contributed by atoms with Crippen LogP contribution in [-0.2, 0) is 16.6 Å². The number of benzene rings is 2. The third-order valence-electron chi connectivity index (χ3n) is 4.51. The molecular formula is C21H22N2O4S. The lowest BCUT2D eigenvalue weighted by Crippen LogP contribution is -2.28. The molecule has 0 atom stereocenters. The van der Waals surface area contributed by atoms with E-state index in [4.69, 9.17) is 4.42 Å². The van der Waals surface area contributed by atoms with Gasteiger partial charge in [0.25, 0.3) is 15.9 Å². The van der Waals surface area contributed by atoms with Gasteiger partial charge in [0.1, 0.15) is 5.76 Å². The van der Waals surface area contributed by atoms with Crippen molar-refractivity contribution in [1.29, 1.82) is 0 Å². The van der Waals surface area contributed by atoms with Crippen molar-refractivity contribution in [3.05, 3.63) is 83.8 Å². The fourth-order valence-electron chi connectivity index (χ4n) is 2.92. The summed E-state index contributed by atoms with van der Waals surface area (Å²) in [5.41, 5.74) is 1.74. The molecule has 1 heterocycles. The van der Waals surface area contributed by atoms with Crippen LogP contribution in [0.25, 0.3) is 0 Å². The second-order valence-corrected chi connectivity index (χ2v) is 8.50. The molecule has 0 saturated heterocycles. The molecule has 0 spiro atoms. The summed E-state index contributed by atoms with van der Waals surface area (Å²) in [6.45, 7) is 2.15. The van der Waals surface area contributed by atoms with Gasteiger partial charge in [0.15, 0.2) is 0 Å². The van der Waals surface area contributed by atoms with Gasteiger partial charge in [-0.3, -0.25) is 9.10 Å². The topological polar surface area (TPSA) is 70.8 Å². The second kappa shape index (κ2) is 7.90. The molecule has 6 nitrogen and oxygen atoms in total. The summed E-state index contributed by atoms with van der Waals surface area (Å²) < 4.78 is 32.6. The number of para-hydroxylation sites is 1. The van der Waals surface area contributed by atoms with Gasteiger partial charge in [-0.05, 0) is 48.9 Å². The first-order valence-corrected chi connectivity index (χ1v) is 10.2. The van der Waals surface area contributed by atoms with E-state index >= 15 is 0 Å². The molecule has 0 saturated carbocycles. The highest BCUT2D eigenvalue weighted by Crippen LogP contribution is 2.25. The standard InChI is InChI=1S/C21H22N2O4S/c1-16-8-4-5-12-20(16)23(3)28(25,26)19-11-6-9-17(14-19)21(24)22(2)15-18-10-7-13-27-18/h4-14H,15H2,1-3H3. The number of hydrogen-bond donors (Lipinski definition) is 0. The fourth-order valence-corrected chi connectivity index (χ4v) is 4.23. The summed E-state index contributed by atoms with van der Waals surface area (Å²) in [5, 5.41) is 0. The van der Waals surface area contributed by atoms with Crippen molar-refractivity contribution < 1.29 is 17.6 Å². The Hall–Kier alpha value is -3.06. The van der Waals surface area contributed by atoms with Crippen molar-refractivity contribution in [2.45, 2.75) is 18.4 Å².